The molecule has 1 aliphatic rings. The van der Waals surface area contributed by atoms with Gasteiger partial charge >= 0.3 is 5.51 Å². The lowest BCUT2D eigenvalue weighted by Crippen LogP contribution is -2.25. The van der Waals surface area contributed by atoms with E-state index in [-0.39, 0.29) is 17.6 Å². The molecule has 1 aliphatic carbocycles. The van der Waals surface area contributed by atoms with Crippen LogP contribution < -0.4 is 5.32 Å². The van der Waals surface area contributed by atoms with Gasteiger partial charge in [-0.1, -0.05) is 0 Å². The number of nitro benzene ring substituents is 1. The first-order valence-electron chi connectivity index (χ1n) is 6.84. The maximum absolute atomic E-state index is 12.6. The first kappa shape index (κ1) is 18.0. The van der Waals surface area contributed by atoms with Crippen molar-refractivity contribution in [2.24, 2.45) is 5.92 Å². The quantitative estimate of drug-likeness (QED) is 0.650. The molecule has 24 heavy (non-hydrogen) atoms. The fourth-order valence-corrected chi connectivity index (χ4v) is 3.35. The highest BCUT2D eigenvalue weighted by Gasteiger charge is 2.47. The number of benzene rings is 1. The molecule has 0 spiro atoms. The summed E-state index contributed by atoms with van der Waals surface area (Å²) in [6, 6.07) is 3.64. The summed E-state index contributed by atoms with van der Waals surface area (Å²) in [6.45, 7) is 0. The SMILES string of the molecule is N#C[C@@H]1CCC[C@@H]1Nc1ccc(S(=O)(=O)C(F)(F)F)cc1[N+](=O)[O-]. The molecule has 2 rings (SSSR count). The van der Waals surface area contributed by atoms with Crippen LogP contribution in [-0.4, -0.2) is 24.9 Å². The van der Waals surface area contributed by atoms with Crippen molar-refractivity contribution >= 4 is 21.2 Å². The van der Waals surface area contributed by atoms with Crippen molar-refractivity contribution in [1.29, 1.82) is 5.26 Å². The number of alkyl halides is 3. The number of rotatable bonds is 4. The van der Waals surface area contributed by atoms with Crippen molar-refractivity contribution in [2.75, 3.05) is 5.32 Å². The van der Waals surface area contributed by atoms with Gasteiger partial charge in [-0.2, -0.15) is 18.4 Å². The first-order valence-corrected chi connectivity index (χ1v) is 8.32. The minimum Gasteiger partial charge on any atom is -0.375 e. The molecule has 0 heterocycles. The zero-order valence-electron chi connectivity index (χ0n) is 12.1. The van der Waals surface area contributed by atoms with Crippen LogP contribution in [0.1, 0.15) is 19.3 Å². The van der Waals surface area contributed by atoms with Crippen molar-refractivity contribution in [1.82, 2.24) is 0 Å². The van der Waals surface area contributed by atoms with E-state index in [1.54, 1.807) is 0 Å². The van der Waals surface area contributed by atoms with Crippen LogP contribution in [0.4, 0.5) is 24.5 Å². The Kier molecular flexibility index (Phi) is 4.70. The maximum Gasteiger partial charge on any atom is 0.501 e. The van der Waals surface area contributed by atoms with Gasteiger partial charge in [-0.3, -0.25) is 10.1 Å². The topological polar surface area (TPSA) is 113 Å². The summed E-state index contributed by atoms with van der Waals surface area (Å²) < 4.78 is 60.4. The molecular formula is C13H12F3N3O4S. The molecule has 0 bridgehead atoms. The molecule has 1 N–H and O–H groups in total. The summed E-state index contributed by atoms with van der Waals surface area (Å²) in [7, 11) is -5.68. The zero-order valence-corrected chi connectivity index (χ0v) is 12.9. The van der Waals surface area contributed by atoms with Gasteiger partial charge in [-0.15, -0.1) is 0 Å². The van der Waals surface area contributed by atoms with Crippen molar-refractivity contribution in [3.8, 4) is 6.07 Å². The lowest BCUT2D eigenvalue weighted by molar-refractivity contribution is -0.384. The van der Waals surface area contributed by atoms with E-state index in [9.17, 15) is 31.7 Å². The third-order valence-electron chi connectivity index (χ3n) is 3.80. The lowest BCUT2D eigenvalue weighted by atomic mass is 10.1. The number of hydrogen-bond acceptors (Lipinski definition) is 6. The van der Waals surface area contributed by atoms with Gasteiger partial charge in [0, 0.05) is 12.1 Å². The number of sulfone groups is 1. The Morgan fingerprint density at radius 3 is 2.54 bits per heavy atom. The third kappa shape index (κ3) is 3.28. The van der Waals surface area contributed by atoms with Crippen molar-refractivity contribution in [3.63, 3.8) is 0 Å². The molecule has 130 valence electrons. The highest BCUT2D eigenvalue weighted by Crippen LogP contribution is 2.36. The van der Waals surface area contributed by atoms with E-state index >= 15 is 0 Å². The number of anilines is 1. The number of halogens is 3. The molecular weight excluding hydrogens is 351 g/mol. The highest BCUT2D eigenvalue weighted by molar-refractivity contribution is 7.92. The Morgan fingerprint density at radius 1 is 1.33 bits per heavy atom. The molecule has 1 aromatic rings. The molecule has 11 heteroatoms. The summed E-state index contributed by atoms with van der Waals surface area (Å²) in [5.41, 5.74) is -6.45. The van der Waals surface area contributed by atoms with Crippen molar-refractivity contribution in [3.05, 3.63) is 28.3 Å². The van der Waals surface area contributed by atoms with Gasteiger partial charge in [0.25, 0.3) is 15.5 Å². The van der Waals surface area contributed by atoms with Gasteiger partial charge < -0.3 is 5.32 Å². The zero-order chi connectivity index (χ0) is 18.1. The van der Waals surface area contributed by atoms with E-state index in [1.807, 2.05) is 0 Å². The smallest absolute Gasteiger partial charge is 0.375 e. The van der Waals surface area contributed by atoms with Crippen LogP contribution in [0.25, 0.3) is 0 Å². The fraction of sp³-hybridized carbons (Fsp3) is 0.462. The van der Waals surface area contributed by atoms with Gasteiger partial charge in [0.05, 0.1) is 21.8 Å². The number of nitriles is 1. The summed E-state index contributed by atoms with van der Waals surface area (Å²) >= 11 is 0. The summed E-state index contributed by atoms with van der Waals surface area (Å²) in [5, 5.41) is 22.9. The maximum atomic E-state index is 12.6. The molecule has 0 aliphatic heterocycles. The van der Waals surface area contributed by atoms with Gasteiger partial charge in [0.2, 0.25) is 0 Å². The van der Waals surface area contributed by atoms with Crippen LogP contribution >= 0.6 is 0 Å². The molecule has 0 amide bonds. The Hall–Kier alpha value is -2.35. The number of nitro groups is 1. The summed E-state index contributed by atoms with van der Waals surface area (Å²) in [5.74, 6) is -0.372. The Bertz CT molecular complexity index is 802. The fourth-order valence-electron chi connectivity index (χ4n) is 2.57. The number of nitrogens with zero attached hydrogens (tertiary/aromatic N) is 2. The van der Waals surface area contributed by atoms with E-state index in [2.05, 4.69) is 11.4 Å². The van der Waals surface area contributed by atoms with Gasteiger partial charge in [0.15, 0.2) is 0 Å². The summed E-state index contributed by atoms with van der Waals surface area (Å²) in [6.07, 6.45) is 1.94. The van der Waals surface area contributed by atoms with Crippen LogP contribution in [0, 0.1) is 27.4 Å². The second-order valence-corrected chi connectivity index (χ2v) is 7.24. The Labute approximate surface area is 135 Å². The number of hydrogen-bond donors (Lipinski definition) is 1. The predicted molar refractivity (Wildman–Crippen MR) is 76.7 cm³/mol. The molecule has 2 atom stereocenters. The minimum atomic E-state index is -5.68. The second-order valence-electron chi connectivity index (χ2n) is 5.30. The molecule has 0 saturated heterocycles. The van der Waals surface area contributed by atoms with Crippen LogP contribution in [0.2, 0.25) is 0 Å². The van der Waals surface area contributed by atoms with E-state index in [4.69, 9.17) is 5.26 Å². The first-order chi connectivity index (χ1) is 11.1. The largest absolute Gasteiger partial charge is 0.501 e. The molecule has 1 aromatic carbocycles. The lowest BCUT2D eigenvalue weighted by Gasteiger charge is -2.17. The monoisotopic (exact) mass is 363 g/mol. The van der Waals surface area contributed by atoms with Gasteiger partial charge in [-0.25, -0.2) is 8.42 Å². The van der Waals surface area contributed by atoms with E-state index in [0.29, 0.717) is 25.0 Å². The average molecular weight is 363 g/mol. The molecule has 0 radical (unpaired) electrons. The van der Waals surface area contributed by atoms with Crippen molar-refractivity contribution < 1.29 is 26.5 Å². The molecule has 0 aromatic heterocycles. The molecule has 1 saturated carbocycles. The molecule has 0 unspecified atom stereocenters. The van der Waals surface area contributed by atoms with Gasteiger partial charge in [-0.05, 0) is 31.4 Å². The molecule has 7 nitrogen and oxygen atoms in total. The summed E-state index contributed by atoms with van der Waals surface area (Å²) in [4.78, 5) is 8.94. The minimum absolute atomic E-state index is 0.117. The molecule has 1 fully saturated rings. The standard InChI is InChI=1S/C13H12F3N3O4S/c14-13(15,16)24(22,23)9-4-5-11(12(6-9)19(20)21)18-10-3-1-2-8(10)7-17/h4-6,8,10,18H,1-3H2/t8-,10-/m0/s1. The van der Waals surface area contributed by atoms with Crippen molar-refractivity contribution in [2.45, 2.75) is 35.7 Å². The average Bonchev–Trinajstić information content (AvgIpc) is 2.93. The van der Waals surface area contributed by atoms with Crippen LogP contribution in [0.5, 0.6) is 0 Å². The van der Waals surface area contributed by atoms with Crippen LogP contribution in [0.3, 0.4) is 0 Å². The highest BCUT2D eigenvalue weighted by atomic mass is 32.2. The second kappa shape index (κ2) is 6.27. The normalized spacial score (nSPS) is 21.2. The Morgan fingerprint density at radius 2 is 2.00 bits per heavy atom. The van der Waals surface area contributed by atoms with E-state index in [0.717, 1.165) is 12.5 Å². The van der Waals surface area contributed by atoms with Crippen LogP contribution in [-0.2, 0) is 9.84 Å². The third-order valence-corrected chi connectivity index (χ3v) is 5.29. The van der Waals surface area contributed by atoms with E-state index in [1.165, 1.54) is 0 Å². The Balaban J connectivity index is 2.42. The van der Waals surface area contributed by atoms with E-state index < -0.39 is 30.9 Å². The van der Waals surface area contributed by atoms with Gasteiger partial charge in [0.1, 0.15) is 5.69 Å². The van der Waals surface area contributed by atoms with Crippen LogP contribution in [0.15, 0.2) is 23.1 Å². The predicted octanol–water partition coefficient (Wildman–Crippen LogP) is 2.99. The number of nitrogens with one attached hydrogen (secondary N) is 1.